The summed E-state index contributed by atoms with van der Waals surface area (Å²) >= 11 is 0. The van der Waals surface area contributed by atoms with Crippen molar-refractivity contribution in [1.29, 1.82) is 0 Å². The fraction of sp³-hybridized carbons (Fsp3) is 0.762. The quantitative estimate of drug-likeness (QED) is 0.452. The Bertz CT molecular complexity index is 587. The lowest BCUT2D eigenvalue weighted by atomic mass is 9.92. The predicted octanol–water partition coefficient (Wildman–Crippen LogP) is 1.50. The molecule has 2 amide bonds. The first-order valence-electron chi connectivity index (χ1n) is 10.4. The van der Waals surface area contributed by atoms with Crippen LogP contribution in [0.2, 0.25) is 0 Å². The van der Waals surface area contributed by atoms with Gasteiger partial charge in [0.25, 0.3) is 0 Å². The molecule has 29 heavy (non-hydrogen) atoms. The number of piperidine rings is 2. The van der Waals surface area contributed by atoms with E-state index in [0.717, 1.165) is 45.2 Å². The van der Waals surface area contributed by atoms with Gasteiger partial charge >= 0.3 is 5.97 Å². The third-order valence-electron chi connectivity index (χ3n) is 5.56. The average molecular weight is 428 g/mol. The van der Waals surface area contributed by atoms with E-state index in [2.05, 4.69) is 16.6 Å². The summed E-state index contributed by atoms with van der Waals surface area (Å²) in [5, 5.41) is 6.09. The molecule has 0 radical (unpaired) electrons. The van der Waals surface area contributed by atoms with E-state index in [9.17, 15) is 14.4 Å². The van der Waals surface area contributed by atoms with Gasteiger partial charge in [-0.3, -0.25) is 14.4 Å². The molecule has 0 spiro atoms. The number of hydrogen-bond acceptors (Lipinski definition) is 5. The van der Waals surface area contributed by atoms with E-state index in [4.69, 9.17) is 11.2 Å². The molecule has 0 saturated carbocycles. The molecule has 0 aromatic rings. The van der Waals surface area contributed by atoms with Crippen LogP contribution >= 0.6 is 12.4 Å². The second-order valence-corrected chi connectivity index (χ2v) is 7.65. The molecular weight excluding hydrogens is 394 g/mol. The molecule has 2 atom stereocenters. The monoisotopic (exact) mass is 427 g/mol. The van der Waals surface area contributed by atoms with Crippen LogP contribution in [0.5, 0.6) is 0 Å². The summed E-state index contributed by atoms with van der Waals surface area (Å²) in [5.41, 5.74) is 0. The number of carbonyl (C=O) groups excluding carboxylic acids is 3. The van der Waals surface area contributed by atoms with E-state index in [0.29, 0.717) is 25.4 Å². The number of carbonyl (C=O) groups is 3. The maximum absolute atomic E-state index is 12.6. The Balaban J connectivity index is 0.00000420. The Morgan fingerprint density at radius 2 is 2.00 bits per heavy atom. The molecule has 2 aliphatic rings. The predicted molar refractivity (Wildman–Crippen MR) is 113 cm³/mol. The number of amides is 2. The number of terminal acetylenes is 1. The highest BCUT2D eigenvalue weighted by molar-refractivity contribution is 5.85. The standard InChI is InChI=1S/C21H33N3O4.ClH/c1-3-18(14-20(26)28-4-2)23-21(27)17-6-5-13-24(15-17)19(25)8-7-16-9-11-22-12-10-16;/h1,16-18,22H,4-15H2,2H3,(H,23,27);1H/t17-,18-;/m1./s1. The van der Waals surface area contributed by atoms with E-state index in [1.165, 1.54) is 0 Å². The molecule has 0 unspecified atom stereocenters. The number of halogens is 1. The van der Waals surface area contributed by atoms with Gasteiger partial charge in [0.2, 0.25) is 11.8 Å². The highest BCUT2D eigenvalue weighted by Crippen LogP contribution is 2.21. The van der Waals surface area contributed by atoms with Gasteiger partial charge in [0.05, 0.1) is 18.9 Å². The van der Waals surface area contributed by atoms with E-state index in [1.54, 1.807) is 6.92 Å². The smallest absolute Gasteiger partial charge is 0.308 e. The maximum Gasteiger partial charge on any atom is 0.308 e. The van der Waals surface area contributed by atoms with Gasteiger partial charge in [-0.15, -0.1) is 18.8 Å². The molecule has 2 rings (SSSR count). The molecule has 2 heterocycles. The van der Waals surface area contributed by atoms with E-state index >= 15 is 0 Å². The second-order valence-electron chi connectivity index (χ2n) is 7.65. The molecule has 8 heteroatoms. The van der Waals surface area contributed by atoms with Gasteiger partial charge in [-0.2, -0.15) is 0 Å². The van der Waals surface area contributed by atoms with Gasteiger partial charge in [-0.05, 0) is 58.0 Å². The van der Waals surface area contributed by atoms with Crippen LogP contribution in [0.4, 0.5) is 0 Å². The van der Waals surface area contributed by atoms with Crippen LogP contribution in [0.25, 0.3) is 0 Å². The molecule has 2 N–H and O–H groups in total. The van der Waals surface area contributed by atoms with Crippen molar-refractivity contribution in [3.8, 4) is 12.3 Å². The number of nitrogens with one attached hydrogen (secondary N) is 2. The van der Waals surface area contributed by atoms with Crippen LogP contribution < -0.4 is 10.6 Å². The first-order valence-corrected chi connectivity index (χ1v) is 10.4. The van der Waals surface area contributed by atoms with Gasteiger partial charge in [0.1, 0.15) is 6.04 Å². The Hall–Kier alpha value is -1.78. The SMILES string of the molecule is C#C[C@H](CC(=O)OCC)NC(=O)[C@@H]1CCCN(C(=O)CCC2CCNCC2)C1.Cl. The first-order chi connectivity index (χ1) is 13.5. The minimum absolute atomic E-state index is 0. The molecule has 0 aliphatic carbocycles. The lowest BCUT2D eigenvalue weighted by Crippen LogP contribution is -2.47. The van der Waals surface area contributed by atoms with Crippen LogP contribution in [-0.2, 0) is 19.1 Å². The molecule has 2 aliphatic heterocycles. The molecule has 0 aromatic heterocycles. The maximum atomic E-state index is 12.6. The van der Waals surface area contributed by atoms with Crippen molar-refractivity contribution >= 4 is 30.2 Å². The van der Waals surface area contributed by atoms with Crippen LogP contribution in [0, 0.1) is 24.2 Å². The van der Waals surface area contributed by atoms with Gasteiger partial charge in [0, 0.05) is 19.5 Å². The number of ether oxygens (including phenoxy) is 1. The normalized spacial score (nSPS) is 20.7. The van der Waals surface area contributed by atoms with Gasteiger partial charge < -0.3 is 20.3 Å². The number of likely N-dealkylation sites (tertiary alicyclic amines) is 1. The van der Waals surface area contributed by atoms with Crippen molar-refractivity contribution in [2.75, 3.05) is 32.8 Å². The fourth-order valence-corrected chi connectivity index (χ4v) is 3.90. The molecule has 2 saturated heterocycles. The van der Waals surface area contributed by atoms with Crippen molar-refractivity contribution in [2.24, 2.45) is 11.8 Å². The van der Waals surface area contributed by atoms with Crippen LogP contribution in [0.1, 0.15) is 51.9 Å². The number of hydrogen-bond donors (Lipinski definition) is 2. The van der Waals surface area contributed by atoms with E-state index < -0.39 is 12.0 Å². The zero-order valence-electron chi connectivity index (χ0n) is 17.3. The van der Waals surface area contributed by atoms with Crippen LogP contribution in [-0.4, -0.2) is 61.5 Å². The molecule has 0 bridgehead atoms. The summed E-state index contributed by atoms with van der Waals surface area (Å²) < 4.78 is 4.88. The topological polar surface area (TPSA) is 87.7 Å². The summed E-state index contributed by atoms with van der Waals surface area (Å²) in [6, 6.07) is -0.683. The third kappa shape index (κ3) is 8.63. The molecule has 0 aromatic carbocycles. The molecule has 164 valence electrons. The lowest BCUT2D eigenvalue weighted by molar-refractivity contribution is -0.143. The summed E-state index contributed by atoms with van der Waals surface area (Å²) in [6.07, 6.45) is 10.7. The molecular formula is C21H34ClN3O4. The minimum atomic E-state index is -0.683. The Kier molecular flexibility index (Phi) is 11.7. The summed E-state index contributed by atoms with van der Waals surface area (Å²) in [5.74, 6) is 2.29. The van der Waals surface area contributed by atoms with E-state index in [-0.39, 0.29) is 43.2 Å². The average Bonchev–Trinajstić information content (AvgIpc) is 2.72. The number of nitrogens with zero attached hydrogens (tertiary/aromatic N) is 1. The Labute approximate surface area is 180 Å². The number of esters is 1. The summed E-state index contributed by atoms with van der Waals surface area (Å²) in [7, 11) is 0. The zero-order valence-corrected chi connectivity index (χ0v) is 18.1. The fourth-order valence-electron chi connectivity index (χ4n) is 3.90. The largest absolute Gasteiger partial charge is 0.466 e. The van der Waals surface area contributed by atoms with Crippen molar-refractivity contribution in [3.05, 3.63) is 0 Å². The van der Waals surface area contributed by atoms with Crippen molar-refractivity contribution in [2.45, 2.75) is 57.9 Å². The Morgan fingerprint density at radius 1 is 1.28 bits per heavy atom. The third-order valence-corrected chi connectivity index (χ3v) is 5.56. The van der Waals surface area contributed by atoms with Crippen molar-refractivity contribution in [3.63, 3.8) is 0 Å². The van der Waals surface area contributed by atoms with Gasteiger partial charge in [-0.25, -0.2) is 0 Å². The number of rotatable bonds is 8. The summed E-state index contributed by atoms with van der Waals surface area (Å²) in [6.45, 7) is 5.20. The minimum Gasteiger partial charge on any atom is -0.466 e. The lowest BCUT2D eigenvalue weighted by Gasteiger charge is -2.33. The van der Waals surface area contributed by atoms with Gasteiger partial charge in [0.15, 0.2) is 0 Å². The second kappa shape index (κ2) is 13.4. The Morgan fingerprint density at radius 3 is 2.66 bits per heavy atom. The first kappa shape index (κ1) is 25.3. The van der Waals surface area contributed by atoms with Gasteiger partial charge in [-0.1, -0.05) is 5.92 Å². The highest BCUT2D eigenvalue weighted by Gasteiger charge is 2.30. The molecule has 7 nitrogen and oxygen atoms in total. The molecule has 2 fully saturated rings. The van der Waals surface area contributed by atoms with Crippen LogP contribution in [0.3, 0.4) is 0 Å². The highest BCUT2D eigenvalue weighted by atomic mass is 35.5. The summed E-state index contributed by atoms with van der Waals surface area (Å²) in [4.78, 5) is 38.6. The van der Waals surface area contributed by atoms with Crippen molar-refractivity contribution < 1.29 is 19.1 Å². The van der Waals surface area contributed by atoms with E-state index in [1.807, 2.05) is 4.90 Å². The zero-order chi connectivity index (χ0) is 20.4. The van der Waals surface area contributed by atoms with Crippen LogP contribution in [0.15, 0.2) is 0 Å². The van der Waals surface area contributed by atoms with Crippen molar-refractivity contribution in [1.82, 2.24) is 15.5 Å².